The standard InChI is InChI=1S/C16H24N4O2/c1-3-6-20-7-4-5-11(20)10-19-16(21)12-8-13(17)14(18)9-15(12)22-2/h3,8-9,11H,1,4-7,10,17-18H2,2H3,(H,19,21). The highest BCUT2D eigenvalue weighted by Crippen LogP contribution is 2.27. The van der Waals surface area contributed by atoms with Crippen molar-refractivity contribution >= 4 is 17.3 Å². The van der Waals surface area contributed by atoms with Crippen molar-refractivity contribution in [3.05, 3.63) is 30.4 Å². The number of rotatable bonds is 6. The maximum atomic E-state index is 12.4. The molecule has 22 heavy (non-hydrogen) atoms. The van der Waals surface area contributed by atoms with Gasteiger partial charge in [-0.2, -0.15) is 0 Å². The van der Waals surface area contributed by atoms with E-state index in [1.165, 1.54) is 7.11 Å². The number of carbonyl (C=O) groups excluding carboxylic acids is 1. The molecular weight excluding hydrogens is 280 g/mol. The normalized spacial score (nSPS) is 18.1. The van der Waals surface area contributed by atoms with Crippen LogP contribution in [0.3, 0.4) is 0 Å². The number of ether oxygens (including phenoxy) is 1. The van der Waals surface area contributed by atoms with E-state index in [9.17, 15) is 4.79 Å². The van der Waals surface area contributed by atoms with E-state index in [0.29, 0.717) is 35.3 Å². The minimum atomic E-state index is -0.200. The molecule has 1 heterocycles. The number of nitrogens with two attached hydrogens (primary N) is 2. The van der Waals surface area contributed by atoms with Gasteiger partial charge in [0.25, 0.3) is 5.91 Å². The highest BCUT2D eigenvalue weighted by Gasteiger charge is 2.24. The van der Waals surface area contributed by atoms with Crippen molar-refractivity contribution in [2.75, 3.05) is 38.2 Å². The van der Waals surface area contributed by atoms with Crippen LogP contribution in [0.4, 0.5) is 11.4 Å². The molecule has 1 unspecified atom stereocenters. The second-order valence-electron chi connectivity index (χ2n) is 5.47. The van der Waals surface area contributed by atoms with Crippen LogP contribution in [0.5, 0.6) is 5.75 Å². The van der Waals surface area contributed by atoms with Crippen LogP contribution in [0.2, 0.25) is 0 Å². The molecule has 6 nitrogen and oxygen atoms in total. The Labute approximate surface area is 131 Å². The van der Waals surface area contributed by atoms with Gasteiger partial charge in [0, 0.05) is 25.2 Å². The van der Waals surface area contributed by atoms with Gasteiger partial charge in [-0.05, 0) is 25.5 Å². The lowest BCUT2D eigenvalue weighted by Crippen LogP contribution is -2.40. The third-order valence-electron chi connectivity index (χ3n) is 4.01. The first kappa shape index (κ1) is 16.2. The lowest BCUT2D eigenvalue weighted by molar-refractivity contribution is 0.0939. The first-order chi connectivity index (χ1) is 10.6. The Morgan fingerprint density at radius 3 is 2.91 bits per heavy atom. The predicted molar refractivity (Wildman–Crippen MR) is 88.9 cm³/mol. The second kappa shape index (κ2) is 7.17. The lowest BCUT2D eigenvalue weighted by atomic mass is 10.1. The zero-order valence-corrected chi connectivity index (χ0v) is 13.0. The van der Waals surface area contributed by atoms with Crippen molar-refractivity contribution in [2.24, 2.45) is 0 Å². The van der Waals surface area contributed by atoms with E-state index in [-0.39, 0.29) is 5.91 Å². The number of hydrogen-bond acceptors (Lipinski definition) is 5. The number of nitrogens with one attached hydrogen (secondary N) is 1. The van der Waals surface area contributed by atoms with E-state index in [2.05, 4.69) is 16.8 Å². The molecular formula is C16H24N4O2. The van der Waals surface area contributed by atoms with Gasteiger partial charge in [-0.3, -0.25) is 9.69 Å². The van der Waals surface area contributed by atoms with Crippen LogP contribution < -0.4 is 21.5 Å². The van der Waals surface area contributed by atoms with Gasteiger partial charge in [-0.1, -0.05) is 6.08 Å². The number of nitrogens with zero attached hydrogens (tertiary/aromatic N) is 1. The van der Waals surface area contributed by atoms with E-state index in [1.54, 1.807) is 12.1 Å². The molecule has 6 heteroatoms. The van der Waals surface area contributed by atoms with Crippen LogP contribution in [0.1, 0.15) is 23.2 Å². The Balaban J connectivity index is 2.03. The molecule has 1 aromatic rings. The van der Waals surface area contributed by atoms with Gasteiger partial charge >= 0.3 is 0 Å². The van der Waals surface area contributed by atoms with Crippen LogP contribution in [-0.4, -0.2) is 43.6 Å². The fraction of sp³-hybridized carbons (Fsp3) is 0.438. The number of benzene rings is 1. The molecule has 0 spiro atoms. The summed E-state index contributed by atoms with van der Waals surface area (Å²) in [5, 5.41) is 2.96. The largest absolute Gasteiger partial charge is 0.496 e. The number of methoxy groups -OCH3 is 1. The van der Waals surface area contributed by atoms with Crippen molar-refractivity contribution in [1.82, 2.24) is 10.2 Å². The van der Waals surface area contributed by atoms with Crippen molar-refractivity contribution in [3.8, 4) is 5.75 Å². The van der Waals surface area contributed by atoms with E-state index in [1.807, 2.05) is 6.08 Å². The Hall–Kier alpha value is -2.21. The zero-order chi connectivity index (χ0) is 16.1. The molecule has 1 aliphatic rings. The average Bonchev–Trinajstić information content (AvgIpc) is 2.95. The SMILES string of the molecule is C=CCN1CCCC1CNC(=O)c1cc(N)c(N)cc1OC. The number of hydrogen-bond donors (Lipinski definition) is 3. The Bertz CT molecular complexity index is 559. The molecule has 0 aliphatic carbocycles. The summed E-state index contributed by atoms with van der Waals surface area (Å²) in [6.45, 7) is 6.26. The fourth-order valence-electron chi connectivity index (χ4n) is 2.80. The molecule has 1 saturated heterocycles. The highest BCUT2D eigenvalue weighted by molar-refractivity contribution is 5.99. The monoisotopic (exact) mass is 304 g/mol. The van der Waals surface area contributed by atoms with Crippen molar-refractivity contribution in [1.29, 1.82) is 0 Å². The van der Waals surface area contributed by atoms with Gasteiger partial charge < -0.3 is 21.5 Å². The van der Waals surface area contributed by atoms with Gasteiger partial charge in [0.1, 0.15) is 5.75 Å². The number of carbonyl (C=O) groups is 1. The molecule has 0 radical (unpaired) electrons. The summed E-state index contributed by atoms with van der Waals surface area (Å²) in [7, 11) is 1.50. The van der Waals surface area contributed by atoms with E-state index < -0.39 is 0 Å². The van der Waals surface area contributed by atoms with Gasteiger partial charge in [-0.25, -0.2) is 0 Å². The van der Waals surface area contributed by atoms with E-state index in [4.69, 9.17) is 16.2 Å². The first-order valence-corrected chi connectivity index (χ1v) is 7.43. The van der Waals surface area contributed by atoms with Crippen LogP contribution >= 0.6 is 0 Å². The molecule has 120 valence electrons. The van der Waals surface area contributed by atoms with Crippen molar-refractivity contribution < 1.29 is 9.53 Å². The summed E-state index contributed by atoms with van der Waals surface area (Å²) >= 11 is 0. The predicted octanol–water partition coefficient (Wildman–Crippen LogP) is 1.24. The first-order valence-electron chi connectivity index (χ1n) is 7.43. The molecule has 1 aromatic carbocycles. The second-order valence-corrected chi connectivity index (χ2v) is 5.47. The molecule has 5 N–H and O–H groups in total. The van der Waals surface area contributed by atoms with E-state index >= 15 is 0 Å². The Morgan fingerprint density at radius 1 is 1.50 bits per heavy atom. The van der Waals surface area contributed by atoms with Gasteiger partial charge in [0.05, 0.1) is 24.0 Å². The van der Waals surface area contributed by atoms with Gasteiger partial charge in [0.2, 0.25) is 0 Å². The summed E-state index contributed by atoms with van der Waals surface area (Å²) in [5.41, 5.74) is 12.7. The van der Waals surface area contributed by atoms with Crippen LogP contribution in [0.15, 0.2) is 24.8 Å². The smallest absolute Gasteiger partial charge is 0.255 e. The Kier molecular flexibility index (Phi) is 5.27. The van der Waals surface area contributed by atoms with E-state index in [0.717, 1.165) is 25.9 Å². The molecule has 1 fully saturated rings. The van der Waals surface area contributed by atoms with Crippen molar-refractivity contribution in [2.45, 2.75) is 18.9 Å². The third-order valence-corrected chi connectivity index (χ3v) is 4.01. The summed E-state index contributed by atoms with van der Waals surface area (Å²) < 4.78 is 5.21. The van der Waals surface area contributed by atoms with Crippen LogP contribution in [0.25, 0.3) is 0 Å². The zero-order valence-electron chi connectivity index (χ0n) is 13.0. The minimum absolute atomic E-state index is 0.200. The maximum Gasteiger partial charge on any atom is 0.255 e. The van der Waals surface area contributed by atoms with Gasteiger partial charge in [-0.15, -0.1) is 6.58 Å². The van der Waals surface area contributed by atoms with Crippen LogP contribution in [0, 0.1) is 0 Å². The number of likely N-dealkylation sites (tertiary alicyclic amines) is 1. The highest BCUT2D eigenvalue weighted by atomic mass is 16.5. The quantitative estimate of drug-likeness (QED) is 0.543. The molecule has 0 aromatic heterocycles. The third kappa shape index (κ3) is 3.51. The fourth-order valence-corrected chi connectivity index (χ4v) is 2.80. The number of nitrogen functional groups attached to an aromatic ring is 2. The topological polar surface area (TPSA) is 93.6 Å². The molecule has 1 atom stereocenters. The summed E-state index contributed by atoms with van der Waals surface area (Å²) in [5.74, 6) is 0.229. The van der Waals surface area contributed by atoms with Gasteiger partial charge in [0.15, 0.2) is 0 Å². The maximum absolute atomic E-state index is 12.4. The minimum Gasteiger partial charge on any atom is -0.496 e. The molecule has 2 rings (SSSR count). The molecule has 0 saturated carbocycles. The number of amides is 1. The van der Waals surface area contributed by atoms with Crippen LogP contribution in [-0.2, 0) is 0 Å². The Morgan fingerprint density at radius 2 is 2.23 bits per heavy atom. The summed E-state index contributed by atoms with van der Waals surface area (Å²) in [4.78, 5) is 14.7. The number of anilines is 2. The summed E-state index contributed by atoms with van der Waals surface area (Å²) in [6.07, 6.45) is 4.12. The lowest BCUT2D eigenvalue weighted by Gasteiger charge is -2.23. The molecule has 1 amide bonds. The van der Waals surface area contributed by atoms with Crippen molar-refractivity contribution in [3.63, 3.8) is 0 Å². The average molecular weight is 304 g/mol. The summed E-state index contributed by atoms with van der Waals surface area (Å²) in [6, 6.07) is 3.47. The molecule has 0 bridgehead atoms. The molecule has 1 aliphatic heterocycles.